The number of hydrogen-bond acceptors (Lipinski definition) is 0. The van der Waals surface area contributed by atoms with Gasteiger partial charge in [0.15, 0.2) is 0 Å². The summed E-state index contributed by atoms with van der Waals surface area (Å²) in [6.45, 7) is 9.21. The molecule has 4 heteroatoms. The first kappa shape index (κ1) is 35.0. The zero-order valence-corrected chi connectivity index (χ0v) is 29.4. The summed E-state index contributed by atoms with van der Waals surface area (Å²) in [7, 11) is 0. The zero-order chi connectivity index (χ0) is 26.9. The Balaban J connectivity index is 0.000000237. The van der Waals surface area contributed by atoms with Crippen LogP contribution < -0.4 is 24.8 Å². The van der Waals surface area contributed by atoms with Gasteiger partial charge in [-0.2, -0.15) is 0 Å². The molecule has 0 N–H and O–H groups in total. The predicted octanol–water partition coefficient (Wildman–Crippen LogP) is 3.83. The summed E-state index contributed by atoms with van der Waals surface area (Å²) in [5.41, 5.74) is 6.26. The van der Waals surface area contributed by atoms with Crippen molar-refractivity contribution in [1.29, 1.82) is 0 Å². The van der Waals surface area contributed by atoms with Gasteiger partial charge in [-0.3, -0.25) is 0 Å². The summed E-state index contributed by atoms with van der Waals surface area (Å²) in [6, 6.07) is 21.8. The summed E-state index contributed by atoms with van der Waals surface area (Å²) < 4.78 is 0. The van der Waals surface area contributed by atoms with Crippen LogP contribution in [0.2, 0.25) is 13.1 Å². The largest absolute Gasteiger partial charge is 1.00 e. The van der Waals surface area contributed by atoms with E-state index in [1.165, 1.54) is 36.8 Å². The van der Waals surface area contributed by atoms with Crippen LogP contribution in [0, 0.1) is 36.5 Å². The van der Waals surface area contributed by atoms with Gasteiger partial charge in [0.25, 0.3) is 0 Å². The van der Waals surface area contributed by atoms with Crippen LogP contribution in [0.1, 0.15) is 62.5 Å². The van der Waals surface area contributed by atoms with Crippen molar-refractivity contribution in [3.8, 4) is 0 Å². The Bertz CT molecular complexity index is 1080. The first-order valence-corrected chi connectivity index (χ1v) is 20.8. The van der Waals surface area contributed by atoms with E-state index in [-0.39, 0.29) is 30.2 Å². The Labute approximate surface area is 272 Å². The molecule has 0 aliphatic heterocycles. The third-order valence-electron chi connectivity index (χ3n) is 8.32. The molecule has 0 heterocycles. The van der Waals surface area contributed by atoms with Crippen LogP contribution in [-0.2, 0) is 23.3 Å². The Kier molecular flexibility index (Phi) is 15.5. The Morgan fingerprint density at radius 3 is 1.35 bits per heavy atom. The maximum absolute atomic E-state index is 2.49. The monoisotopic (exact) mass is 664 g/mol. The minimum absolute atomic E-state index is 0. The first-order valence-electron chi connectivity index (χ1n) is 14.6. The van der Waals surface area contributed by atoms with Crippen molar-refractivity contribution < 1.29 is 48.1 Å². The second-order valence-electron chi connectivity index (χ2n) is 11.3. The molecule has 6 atom stereocenters. The fraction of sp³-hybridized carbons (Fsp3) is 0.389. The Hall–Kier alpha value is -1.18. The zero-order valence-electron chi connectivity index (χ0n) is 24.4. The van der Waals surface area contributed by atoms with Gasteiger partial charge in [0.05, 0.1) is 0 Å². The standard InChI is InChI=1S/2C17H19.C2H6Si.2ClH.Zr/c2*1-2-13-11-15-9-6-10-16(17(15)12-13)14-7-4-3-5-8-14;1-3-2;;;/h2*3-11,13,16-17H,2,12H2,1H3;1-2H3;2*1H;/q2*-1;;;;+2/p-2. The summed E-state index contributed by atoms with van der Waals surface area (Å²) in [4.78, 5) is 0. The number of allylic oxidation sites excluding steroid dienone is 8. The van der Waals surface area contributed by atoms with Crippen LogP contribution in [0.15, 0.2) is 108 Å². The van der Waals surface area contributed by atoms with Crippen molar-refractivity contribution in [2.75, 3.05) is 0 Å². The minimum atomic E-state index is 0. The summed E-state index contributed by atoms with van der Waals surface area (Å²) in [6.07, 6.45) is 24.0. The Morgan fingerprint density at radius 1 is 0.675 bits per heavy atom. The molecule has 0 nitrogen and oxygen atoms in total. The second kappa shape index (κ2) is 17.7. The van der Waals surface area contributed by atoms with Crippen LogP contribution in [0.5, 0.6) is 0 Å². The van der Waals surface area contributed by atoms with Gasteiger partial charge in [-0.25, -0.2) is 36.1 Å². The molecule has 4 aliphatic carbocycles. The van der Waals surface area contributed by atoms with Crippen LogP contribution in [0.3, 0.4) is 0 Å². The summed E-state index contributed by atoms with van der Waals surface area (Å²) in [5.74, 6) is 4.18. The van der Waals surface area contributed by atoms with Crippen LogP contribution >= 0.6 is 0 Å². The number of rotatable bonds is 4. The fourth-order valence-corrected chi connectivity index (χ4v) is 6.37. The maximum atomic E-state index is 2.49. The molecule has 4 aliphatic rings. The second-order valence-corrected chi connectivity index (χ2v) is 20.7. The molecule has 6 rings (SSSR count). The third-order valence-corrected chi connectivity index (χ3v) is 8.32. The summed E-state index contributed by atoms with van der Waals surface area (Å²) >= 11 is 1.74. The van der Waals surface area contributed by atoms with E-state index >= 15 is 0 Å². The molecule has 0 spiro atoms. The average molecular weight is 667 g/mol. The van der Waals surface area contributed by atoms with Gasteiger partial charge in [-0.05, 0) is 23.0 Å². The van der Waals surface area contributed by atoms with E-state index in [4.69, 9.17) is 0 Å². The number of fused-ring (bicyclic) bond motifs is 2. The van der Waals surface area contributed by atoms with Crippen molar-refractivity contribution in [1.82, 2.24) is 0 Å². The molecule has 2 aromatic carbocycles. The van der Waals surface area contributed by atoms with Crippen molar-refractivity contribution in [2.45, 2.75) is 64.5 Å². The van der Waals surface area contributed by atoms with Gasteiger partial charge >= 0.3 is 41.9 Å². The van der Waals surface area contributed by atoms with E-state index in [9.17, 15) is 0 Å². The molecule has 0 aromatic heterocycles. The molecule has 0 bridgehead atoms. The predicted molar refractivity (Wildman–Crippen MR) is 163 cm³/mol. The Morgan fingerprint density at radius 2 is 1.02 bits per heavy atom. The third kappa shape index (κ3) is 9.42. The average Bonchev–Trinajstić information content (AvgIpc) is 3.58. The van der Waals surface area contributed by atoms with Crippen LogP contribution in [0.25, 0.3) is 0 Å². The van der Waals surface area contributed by atoms with Gasteiger partial charge in [-0.1, -0.05) is 124 Å². The molecule has 2 aromatic rings. The maximum Gasteiger partial charge on any atom is -1.00 e. The molecule has 6 unspecified atom stereocenters. The normalized spacial score (nSPS) is 26.8. The smallest absolute Gasteiger partial charge is 1.00 e. The van der Waals surface area contributed by atoms with E-state index in [1.54, 1.807) is 34.5 Å². The van der Waals surface area contributed by atoms with Crippen LogP contribution in [0.4, 0.5) is 0 Å². The van der Waals surface area contributed by atoms with Crippen LogP contribution in [-0.4, -0.2) is 5.43 Å². The van der Waals surface area contributed by atoms with E-state index in [0.29, 0.717) is 23.7 Å². The van der Waals surface area contributed by atoms with Gasteiger partial charge in [0.2, 0.25) is 0 Å². The van der Waals surface area contributed by atoms with E-state index in [2.05, 4.69) is 137 Å². The summed E-state index contributed by atoms with van der Waals surface area (Å²) in [5, 5.41) is 0. The van der Waals surface area contributed by atoms with E-state index in [1.807, 2.05) is 0 Å². The van der Waals surface area contributed by atoms with E-state index < -0.39 is 0 Å². The van der Waals surface area contributed by atoms with Crippen molar-refractivity contribution >= 4 is 5.43 Å². The van der Waals surface area contributed by atoms with Gasteiger partial charge in [-0.15, -0.1) is 12.2 Å². The minimum Gasteiger partial charge on any atom is -1.00 e. The molecule has 0 amide bonds. The molecule has 0 saturated heterocycles. The molecule has 2 fully saturated rings. The molecular formula is C36H44Cl2SiZr-2. The topological polar surface area (TPSA) is 0 Å². The van der Waals surface area contributed by atoms with Gasteiger partial charge in [0, 0.05) is 11.8 Å². The quantitative estimate of drug-likeness (QED) is 0.344. The number of halogens is 2. The number of benzene rings is 2. The van der Waals surface area contributed by atoms with Crippen molar-refractivity contribution in [3.05, 3.63) is 132 Å². The molecule has 0 radical (unpaired) electrons. The van der Waals surface area contributed by atoms with Crippen molar-refractivity contribution in [3.63, 3.8) is 0 Å². The molecule has 212 valence electrons. The molecule has 40 heavy (non-hydrogen) atoms. The van der Waals surface area contributed by atoms with Crippen molar-refractivity contribution in [2.24, 2.45) is 23.7 Å². The van der Waals surface area contributed by atoms with Gasteiger partial charge < -0.3 is 24.8 Å². The molecule has 2 saturated carbocycles. The first-order chi connectivity index (χ1) is 18.5. The van der Waals surface area contributed by atoms with E-state index in [0.717, 1.165) is 11.8 Å². The molecular weight excluding hydrogens is 623 g/mol. The van der Waals surface area contributed by atoms with Gasteiger partial charge in [0.1, 0.15) is 0 Å². The fourth-order valence-electron chi connectivity index (χ4n) is 6.37. The SMILES string of the molecule is CCC1[CH-]C2=CC=CC(c3ccccc3)C2C1.CCC1[CH-]C2=CC=CC(c3ccccc3)C2C1.C[Si](C)=[Zr+2].[Cl-].[Cl-]. The number of hydrogen-bond donors (Lipinski definition) is 0.